The van der Waals surface area contributed by atoms with E-state index in [0.29, 0.717) is 24.3 Å². The Bertz CT molecular complexity index is 740. The van der Waals surface area contributed by atoms with Crippen molar-refractivity contribution in [1.29, 1.82) is 0 Å². The third-order valence-corrected chi connectivity index (χ3v) is 7.16. The molecule has 0 aromatic carbocycles. The smallest absolute Gasteiger partial charge is 0.257 e. The van der Waals surface area contributed by atoms with Gasteiger partial charge in [0.05, 0.1) is 5.56 Å². The summed E-state index contributed by atoms with van der Waals surface area (Å²) in [6, 6.07) is -0.00958. The number of carbonyl (C=O) groups is 1. The molecule has 2 heterocycles. The maximum atomic E-state index is 13.0. The van der Waals surface area contributed by atoms with Crippen LogP contribution in [0.15, 0.2) is 4.90 Å². The van der Waals surface area contributed by atoms with Crippen LogP contribution in [0.1, 0.15) is 60.3 Å². The highest BCUT2D eigenvalue weighted by Crippen LogP contribution is 2.30. The summed E-state index contributed by atoms with van der Waals surface area (Å²) in [5.41, 5.74) is 1.69. The fraction of sp³-hybridized carbons (Fsp3) is 0.706. The molecule has 1 aromatic rings. The number of likely N-dealkylation sites (tertiary alicyclic amines) is 1. The molecule has 1 saturated carbocycles. The second-order valence-corrected chi connectivity index (χ2v) is 8.69. The van der Waals surface area contributed by atoms with Gasteiger partial charge in [0.1, 0.15) is 4.90 Å². The fourth-order valence-corrected chi connectivity index (χ4v) is 5.72. The van der Waals surface area contributed by atoms with Gasteiger partial charge in [-0.3, -0.25) is 4.79 Å². The normalized spacial score (nSPS) is 19.4. The first-order valence-electron chi connectivity index (χ1n) is 8.80. The van der Waals surface area contributed by atoms with Gasteiger partial charge in [-0.15, -0.1) is 0 Å². The lowest BCUT2D eigenvalue weighted by Gasteiger charge is -2.18. The third kappa shape index (κ3) is 2.99. The van der Waals surface area contributed by atoms with Crippen LogP contribution in [0.3, 0.4) is 0 Å². The molecule has 24 heavy (non-hydrogen) atoms. The number of nitrogens with one attached hydrogen (secondary N) is 1. The number of hydrogen-bond acceptors (Lipinski definition) is 3. The van der Waals surface area contributed by atoms with Crippen molar-refractivity contribution in [2.75, 3.05) is 13.1 Å². The Labute approximate surface area is 144 Å². The lowest BCUT2D eigenvalue weighted by Crippen LogP contribution is -2.35. The standard InChI is InChI=1S/C17H27N3O3S/c1-12-15(17(21)20-10-6-7-11-20)16(13(2)19(12)3)24(22,23)18-14-8-4-5-9-14/h14,18H,4-11H2,1-3H3. The van der Waals surface area contributed by atoms with E-state index in [1.54, 1.807) is 11.8 Å². The Morgan fingerprint density at radius 3 is 2.21 bits per heavy atom. The van der Waals surface area contributed by atoms with E-state index in [1.807, 2.05) is 18.5 Å². The molecular formula is C17H27N3O3S. The molecule has 1 aliphatic carbocycles. The first-order chi connectivity index (χ1) is 11.3. The summed E-state index contributed by atoms with van der Waals surface area (Å²) in [5.74, 6) is -0.152. The van der Waals surface area contributed by atoms with E-state index in [2.05, 4.69) is 4.72 Å². The Kier molecular flexibility index (Phi) is 4.75. The van der Waals surface area contributed by atoms with Gasteiger partial charge in [0.15, 0.2) is 0 Å². The predicted octanol–water partition coefficient (Wildman–Crippen LogP) is 2.10. The van der Waals surface area contributed by atoms with Gasteiger partial charge in [0, 0.05) is 37.6 Å². The fourth-order valence-electron chi connectivity index (χ4n) is 3.90. The molecule has 1 saturated heterocycles. The summed E-state index contributed by atoms with van der Waals surface area (Å²) in [5, 5.41) is 0. The van der Waals surface area contributed by atoms with Gasteiger partial charge in [-0.2, -0.15) is 0 Å². The van der Waals surface area contributed by atoms with E-state index in [4.69, 9.17) is 0 Å². The maximum Gasteiger partial charge on any atom is 0.257 e. The van der Waals surface area contributed by atoms with Gasteiger partial charge >= 0.3 is 0 Å². The summed E-state index contributed by atoms with van der Waals surface area (Å²) >= 11 is 0. The van der Waals surface area contributed by atoms with Crippen molar-refractivity contribution in [3.63, 3.8) is 0 Å². The van der Waals surface area contributed by atoms with Crippen molar-refractivity contribution in [2.24, 2.45) is 7.05 Å². The van der Waals surface area contributed by atoms with E-state index in [-0.39, 0.29) is 16.8 Å². The second-order valence-electron chi connectivity index (χ2n) is 7.04. The Morgan fingerprint density at radius 2 is 1.62 bits per heavy atom. The highest BCUT2D eigenvalue weighted by molar-refractivity contribution is 7.89. The molecule has 1 amide bonds. The summed E-state index contributed by atoms with van der Waals surface area (Å²) in [7, 11) is -1.88. The average Bonchev–Trinajstić information content (AvgIpc) is 3.25. The molecular weight excluding hydrogens is 326 g/mol. The Morgan fingerprint density at radius 1 is 1.04 bits per heavy atom. The molecule has 0 radical (unpaired) electrons. The Balaban J connectivity index is 2.02. The highest BCUT2D eigenvalue weighted by Gasteiger charge is 2.35. The molecule has 1 aliphatic heterocycles. The SMILES string of the molecule is Cc1c(C(=O)N2CCCC2)c(S(=O)(=O)NC2CCCC2)c(C)n1C. The molecule has 0 atom stereocenters. The number of hydrogen-bond donors (Lipinski definition) is 1. The predicted molar refractivity (Wildman–Crippen MR) is 92.6 cm³/mol. The van der Waals surface area contributed by atoms with Crippen LogP contribution in [-0.2, 0) is 17.1 Å². The summed E-state index contributed by atoms with van der Waals surface area (Å²) in [6.07, 6.45) is 5.83. The first kappa shape index (κ1) is 17.5. The summed E-state index contributed by atoms with van der Waals surface area (Å²) < 4.78 is 30.7. The molecule has 1 N–H and O–H groups in total. The number of carbonyl (C=O) groups excluding carboxylic acids is 1. The van der Waals surface area contributed by atoms with Crippen molar-refractivity contribution < 1.29 is 13.2 Å². The van der Waals surface area contributed by atoms with Gasteiger partial charge in [-0.05, 0) is 39.5 Å². The van der Waals surface area contributed by atoms with Crippen LogP contribution in [0, 0.1) is 13.8 Å². The largest absolute Gasteiger partial charge is 0.350 e. The lowest BCUT2D eigenvalue weighted by molar-refractivity contribution is 0.0788. The van der Waals surface area contributed by atoms with Gasteiger partial charge in [-0.25, -0.2) is 13.1 Å². The zero-order valence-corrected chi connectivity index (χ0v) is 15.6. The zero-order valence-electron chi connectivity index (χ0n) is 14.8. The van der Waals surface area contributed by atoms with Crippen molar-refractivity contribution >= 4 is 15.9 Å². The van der Waals surface area contributed by atoms with Gasteiger partial charge in [0.25, 0.3) is 5.91 Å². The molecule has 0 bridgehead atoms. The highest BCUT2D eigenvalue weighted by atomic mass is 32.2. The molecule has 0 spiro atoms. The quantitative estimate of drug-likeness (QED) is 0.901. The molecule has 1 aromatic heterocycles. The first-order valence-corrected chi connectivity index (χ1v) is 10.3. The minimum Gasteiger partial charge on any atom is -0.350 e. The van der Waals surface area contributed by atoms with Crippen LogP contribution in [0.2, 0.25) is 0 Å². The minimum absolute atomic E-state index is 0.00958. The van der Waals surface area contributed by atoms with E-state index >= 15 is 0 Å². The van der Waals surface area contributed by atoms with Crippen LogP contribution in [0.4, 0.5) is 0 Å². The number of rotatable bonds is 4. The topological polar surface area (TPSA) is 71.4 Å². The second kappa shape index (κ2) is 6.52. The number of aromatic nitrogens is 1. The van der Waals surface area contributed by atoms with Crippen LogP contribution in [0.5, 0.6) is 0 Å². The monoisotopic (exact) mass is 353 g/mol. The molecule has 6 nitrogen and oxygen atoms in total. The van der Waals surface area contributed by atoms with Crippen LogP contribution in [0.25, 0.3) is 0 Å². The van der Waals surface area contributed by atoms with Crippen molar-refractivity contribution in [2.45, 2.75) is 63.3 Å². The van der Waals surface area contributed by atoms with Gasteiger partial charge < -0.3 is 9.47 Å². The number of nitrogens with zero attached hydrogens (tertiary/aromatic N) is 2. The van der Waals surface area contributed by atoms with Crippen LogP contribution in [-0.4, -0.2) is 42.9 Å². The van der Waals surface area contributed by atoms with Gasteiger partial charge in [0.2, 0.25) is 10.0 Å². The molecule has 7 heteroatoms. The Hall–Kier alpha value is -1.34. The maximum absolute atomic E-state index is 13.0. The number of amides is 1. The summed E-state index contributed by atoms with van der Waals surface area (Å²) in [4.78, 5) is 14.9. The molecule has 3 rings (SSSR count). The average molecular weight is 353 g/mol. The van der Waals surface area contributed by atoms with Gasteiger partial charge in [-0.1, -0.05) is 12.8 Å². The van der Waals surface area contributed by atoms with Crippen LogP contribution >= 0.6 is 0 Å². The zero-order chi connectivity index (χ0) is 17.5. The van der Waals surface area contributed by atoms with E-state index in [9.17, 15) is 13.2 Å². The lowest BCUT2D eigenvalue weighted by atomic mass is 10.2. The van der Waals surface area contributed by atoms with Crippen LogP contribution < -0.4 is 4.72 Å². The molecule has 0 unspecified atom stereocenters. The minimum atomic E-state index is -3.70. The van der Waals surface area contributed by atoms with Crippen molar-refractivity contribution in [3.05, 3.63) is 17.0 Å². The number of sulfonamides is 1. The van der Waals surface area contributed by atoms with Crippen molar-refractivity contribution in [3.8, 4) is 0 Å². The molecule has 2 fully saturated rings. The summed E-state index contributed by atoms with van der Waals surface area (Å²) in [6.45, 7) is 5.02. The molecule has 2 aliphatic rings. The van der Waals surface area contributed by atoms with E-state index in [1.165, 1.54) is 0 Å². The van der Waals surface area contributed by atoms with E-state index < -0.39 is 10.0 Å². The van der Waals surface area contributed by atoms with E-state index in [0.717, 1.165) is 44.2 Å². The third-order valence-electron chi connectivity index (χ3n) is 5.48. The molecule has 134 valence electrons. The van der Waals surface area contributed by atoms with Crippen molar-refractivity contribution in [1.82, 2.24) is 14.2 Å².